The molecule has 0 saturated carbocycles. The number of hydrogen-bond donors (Lipinski definition) is 2. The minimum Gasteiger partial charge on any atom is -0.362 e. The van der Waals surface area contributed by atoms with Crippen molar-refractivity contribution in [2.24, 2.45) is 0 Å². The number of pyridine rings is 1. The number of Topliss-reactive ketones (excluding diaryl/α,β-unsaturated/α-hetero) is 1. The molecule has 148 valence electrons. The van der Waals surface area contributed by atoms with Gasteiger partial charge in [-0.1, -0.05) is 24.3 Å². The molecule has 5 nitrogen and oxygen atoms in total. The molecule has 1 aromatic heterocycles. The number of benzene rings is 1. The summed E-state index contributed by atoms with van der Waals surface area (Å²) in [7, 11) is 0. The van der Waals surface area contributed by atoms with Gasteiger partial charge in [-0.2, -0.15) is 0 Å². The number of hydrogen-bond acceptors (Lipinski definition) is 4. The van der Waals surface area contributed by atoms with Crippen molar-refractivity contribution in [2.45, 2.75) is 46.0 Å². The van der Waals surface area contributed by atoms with Gasteiger partial charge in [0.1, 0.15) is 5.82 Å². The van der Waals surface area contributed by atoms with E-state index < -0.39 is 0 Å². The number of anilines is 1. The lowest BCUT2D eigenvalue weighted by atomic mass is 9.74. The average Bonchev–Trinajstić information content (AvgIpc) is 2.67. The molecule has 2 heterocycles. The smallest absolute Gasteiger partial charge is 0.255 e. The molecule has 0 radical (unpaired) electrons. The molecule has 1 aromatic carbocycles. The average molecular weight is 387 g/mol. The van der Waals surface area contributed by atoms with Crippen molar-refractivity contribution >= 4 is 17.5 Å². The second-order valence-corrected chi connectivity index (χ2v) is 7.79. The van der Waals surface area contributed by atoms with E-state index in [0.717, 1.165) is 46.5 Å². The topological polar surface area (TPSA) is 71.1 Å². The van der Waals surface area contributed by atoms with Crippen LogP contribution in [-0.4, -0.2) is 16.7 Å². The molecule has 1 aliphatic carbocycles. The van der Waals surface area contributed by atoms with Crippen LogP contribution in [0.5, 0.6) is 0 Å². The van der Waals surface area contributed by atoms with Crippen molar-refractivity contribution < 1.29 is 9.59 Å². The van der Waals surface area contributed by atoms with Crippen LogP contribution in [0.4, 0.5) is 5.82 Å². The molecule has 1 aliphatic heterocycles. The summed E-state index contributed by atoms with van der Waals surface area (Å²) >= 11 is 0. The van der Waals surface area contributed by atoms with Crippen molar-refractivity contribution in [1.82, 2.24) is 10.3 Å². The quantitative estimate of drug-likeness (QED) is 0.823. The summed E-state index contributed by atoms with van der Waals surface area (Å²) in [4.78, 5) is 30.6. The SMILES string of the molecule is CC1=C(C(=O)Nc2cc(C)ccn2)C(c2ccccc2C)C2=C(CCCC2=O)N1. The van der Waals surface area contributed by atoms with Crippen LogP contribution >= 0.6 is 0 Å². The van der Waals surface area contributed by atoms with Gasteiger partial charge < -0.3 is 10.6 Å². The second-order valence-electron chi connectivity index (χ2n) is 7.79. The van der Waals surface area contributed by atoms with Gasteiger partial charge in [-0.25, -0.2) is 4.98 Å². The molecule has 5 heteroatoms. The van der Waals surface area contributed by atoms with Crippen molar-refractivity contribution in [3.63, 3.8) is 0 Å². The predicted molar refractivity (Wildman–Crippen MR) is 113 cm³/mol. The van der Waals surface area contributed by atoms with E-state index in [9.17, 15) is 9.59 Å². The molecule has 29 heavy (non-hydrogen) atoms. The van der Waals surface area contributed by atoms with Gasteiger partial charge in [0, 0.05) is 41.1 Å². The van der Waals surface area contributed by atoms with E-state index in [0.29, 0.717) is 17.8 Å². The molecule has 2 N–H and O–H groups in total. The molecule has 0 fully saturated rings. The number of carbonyl (C=O) groups excluding carboxylic acids is 2. The molecule has 0 bridgehead atoms. The van der Waals surface area contributed by atoms with Crippen LogP contribution in [0.1, 0.15) is 48.8 Å². The fourth-order valence-electron chi connectivity index (χ4n) is 4.29. The van der Waals surface area contributed by atoms with Crippen LogP contribution in [0.15, 0.2) is 65.1 Å². The summed E-state index contributed by atoms with van der Waals surface area (Å²) in [6, 6.07) is 11.7. The number of amides is 1. The van der Waals surface area contributed by atoms with Crippen LogP contribution in [0.3, 0.4) is 0 Å². The van der Waals surface area contributed by atoms with E-state index >= 15 is 0 Å². The summed E-state index contributed by atoms with van der Waals surface area (Å²) < 4.78 is 0. The molecular weight excluding hydrogens is 362 g/mol. The Labute approximate surface area is 170 Å². The van der Waals surface area contributed by atoms with Gasteiger partial charge in [0.2, 0.25) is 0 Å². The van der Waals surface area contributed by atoms with Gasteiger partial charge >= 0.3 is 0 Å². The molecule has 0 spiro atoms. The predicted octanol–water partition coefficient (Wildman–Crippen LogP) is 4.31. The van der Waals surface area contributed by atoms with Crippen molar-refractivity contribution in [2.75, 3.05) is 5.32 Å². The van der Waals surface area contributed by atoms with E-state index in [1.54, 1.807) is 6.20 Å². The Balaban J connectivity index is 1.81. The summed E-state index contributed by atoms with van der Waals surface area (Å²) in [5.41, 5.74) is 6.14. The maximum absolute atomic E-state index is 13.4. The Morgan fingerprint density at radius 2 is 1.93 bits per heavy atom. The van der Waals surface area contributed by atoms with Gasteiger partial charge in [0.05, 0.1) is 0 Å². The zero-order valence-electron chi connectivity index (χ0n) is 17.0. The number of allylic oxidation sites excluding steroid dienone is 3. The van der Waals surface area contributed by atoms with E-state index in [4.69, 9.17) is 0 Å². The van der Waals surface area contributed by atoms with Gasteiger partial charge in [-0.3, -0.25) is 9.59 Å². The first kappa shape index (κ1) is 19.1. The molecule has 4 rings (SSSR count). The van der Waals surface area contributed by atoms with Crippen LogP contribution in [0.2, 0.25) is 0 Å². The Morgan fingerprint density at radius 3 is 2.69 bits per heavy atom. The minimum absolute atomic E-state index is 0.124. The Kier molecular flexibility index (Phi) is 5.05. The fourth-order valence-corrected chi connectivity index (χ4v) is 4.29. The number of carbonyl (C=O) groups is 2. The lowest BCUT2D eigenvalue weighted by molar-refractivity contribution is -0.116. The first-order valence-electron chi connectivity index (χ1n) is 9.99. The summed E-state index contributed by atoms with van der Waals surface area (Å²) in [5, 5.41) is 6.28. The highest BCUT2D eigenvalue weighted by atomic mass is 16.2. The Bertz CT molecular complexity index is 1070. The fraction of sp³-hybridized carbons (Fsp3) is 0.292. The highest BCUT2D eigenvalue weighted by Gasteiger charge is 2.38. The van der Waals surface area contributed by atoms with E-state index in [-0.39, 0.29) is 17.6 Å². The van der Waals surface area contributed by atoms with E-state index in [2.05, 4.69) is 15.6 Å². The monoisotopic (exact) mass is 387 g/mol. The van der Waals surface area contributed by atoms with Gasteiger partial charge in [0.15, 0.2) is 5.78 Å². The maximum Gasteiger partial charge on any atom is 0.255 e. The molecule has 2 aliphatic rings. The molecule has 2 aromatic rings. The van der Waals surface area contributed by atoms with Crippen LogP contribution < -0.4 is 10.6 Å². The number of ketones is 1. The molecule has 1 atom stereocenters. The third kappa shape index (κ3) is 3.60. The lowest BCUT2D eigenvalue weighted by Gasteiger charge is -2.35. The second kappa shape index (κ2) is 7.66. The Hall–Kier alpha value is -3.21. The largest absolute Gasteiger partial charge is 0.362 e. The van der Waals surface area contributed by atoms with E-state index in [1.165, 1.54) is 0 Å². The zero-order valence-corrected chi connectivity index (χ0v) is 17.0. The lowest BCUT2D eigenvalue weighted by Crippen LogP contribution is -2.35. The number of nitrogens with one attached hydrogen (secondary N) is 2. The third-order valence-electron chi connectivity index (χ3n) is 5.68. The number of dihydropyridines is 1. The van der Waals surface area contributed by atoms with Crippen molar-refractivity contribution in [3.8, 4) is 0 Å². The first-order valence-corrected chi connectivity index (χ1v) is 9.99. The summed E-state index contributed by atoms with van der Waals surface area (Å²) in [6.45, 7) is 5.89. The van der Waals surface area contributed by atoms with Crippen LogP contribution in [0, 0.1) is 13.8 Å². The normalized spacial score (nSPS) is 19.0. The van der Waals surface area contributed by atoms with Gasteiger partial charge in [-0.05, 0) is 62.4 Å². The zero-order chi connectivity index (χ0) is 20.5. The Morgan fingerprint density at radius 1 is 1.14 bits per heavy atom. The standard InChI is InChI=1S/C24H25N3O2/c1-14-11-12-25-20(13-14)27-24(29)21-16(3)26-18-9-6-10-19(28)23(18)22(21)17-8-5-4-7-15(17)2/h4-5,7-8,11-13,22,26H,6,9-10H2,1-3H3,(H,25,27,29). The first-order chi connectivity index (χ1) is 14.0. The van der Waals surface area contributed by atoms with Crippen LogP contribution in [-0.2, 0) is 9.59 Å². The summed E-state index contributed by atoms with van der Waals surface area (Å²) in [5.74, 6) is 0.0309. The molecule has 1 amide bonds. The molecular formula is C24H25N3O2. The van der Waals surface area contributed by atoms with Gasteiger partial charge in [0.25, 0.3) is 5.91 Å². The summed E-state index contributed by atoms with van der Waals surface area (Å²) in [6.07, 6.45) is 3.87. The molecule has 1 unspecified atom stereocenters. The minimum atomic E-state index is -0.370. The maximum atomic E-state index is 13.4. The van der Waals surface area contributed by atoms with Crippen molar-refractivity contribution in [3.05, 3.63) is 81.8 Å². The van der Waals surface area contributed by atoms with Crippen molar-refractivity contribution in [1.29, 1.82) is 0 Å². The number of rotatable bonds is 3. The number of aromatic nitrogens is 1. The highest BCUT2D eigenvalue weighted by Crippen LogP contribution is 2.43. The third-order valence-corrected chi connectivity index (χ3v) is 5.68. The number of nitrogens with zero attached hydrogens (tertiary/aromatic N) is 1. The van der Waals surface area contributed by atoms with E-state index in [1.807, 2.05) is 57.2 Å². The molecule has 0 saturated heterocycles. The van der Waals surface area contributed by atoms with Gasteiger partial charge in [-0.15, -0.1) is 0 Å². The number of aryl methyl sites for hydroxylation is 2. The van der Waals surface area contributed by atoms with Crippen LogP contribution in [0.25, 0.3) is 0 Å². The highest BCUT2D eigenvalue weighted by molar-refractivity contribution is 6.09.